The molecule has 2 saturated heterocycles. The van der Waals surface area contributed by atoms with Crippen molar-refractivity contribution in [2.75, 3.05) is 36.9 Å². The molecule has 2 aliphatic rings. The van der Waals surface area contributed by atoms with E-state index in [0.717, 1.165) is 0 Å². The van der Waals surface area contributed by atoms with Crippen molar-refractivity contribution < 1.29 is 44.1 Å². The van der Waals surface area contributed by atoms with Crippen LogP contribution in [0.4, 0.5) is 11.9 Å². The van der Waals surface area contributed by atoms with E-state index in [4.69, 9.17) is 30.8 Å². The molecule has 0 aromatic carbocycles. The Labute approximate surface area is 301 Å². The molecule has 0 saturated carbocycles. The van der Waals surface area contributed by atoms with Crippen LogP contribution >= 0.6 is 18.4 Å². The van der Waals surface area contributed by atoms with Crippen LogP contribution in [-0.4, -0.2) is 122 Å². The van der Waals surface area contributed by atoms with Gasteiger partial charge < -0.3 is 57.9 Å². The first kappa shape index (κ1) is 37.9. The minimum absolute atomic E-state index is 0.0110. The highest BCUT2D eigenvalue weighted by Gasteiger charge is 2.51. The number of rotatable bonds is 14. The second-order valence-corrected chi connectivity index (χ2v) is 18.3. The van der Waals surface area contributed by atoms with Crippen LogP contribution in [0.5, 0.6) is 5.88 Å². The lowest BCUT2D eigenvalue weighted by Gasteiger charge is -2.29. The van der Waals surface area contributed by atoms with Gasteiger partial charge in [0.1, 0.15) is 42.6 Å². The summed E-state index contributed by atoms with van der Waals surface area (Å²) in [5.41, 5.74) is -0.315. The zero-order valence-corrected chi connectivity index (χ0v) is 30.5. The Balaban J connectivity index is 1.13. The number of aromatic amines is 1. The first-order chi connectivity index (χ1) is 24.2. The maximum absolute atomic E-state index is 12.7. The zero-order chi connectivity index (χ0) is 36.8. The summed E-state index contributed by atoms with van der Waals surface area (Å²) in [6.07, 6.45) is -11.3. The molecule has 280 valence electrons. The summed E-state index contributed by atoms with van der Waals surface area (Å²) >= 11 is 9.90. The van der Waals surface area contributed by atoms with E-state index in [-0.39, 0.29) is 46.1 Å². The number of ether oxygens (including phenoxy) is 2. The van der Waals surface area contributed by atoms with Gasteiger partial charge in [-0.1, -0.05) is 27.7 Å². The number of nitrogens with zero attached hydrogens (tertiary/aromatic N) is 7. The van der Waals surface area contributed by atoms with Gasteiger partial charge in [0, 0.05) is 31.2 Å². The van der Waals surface area contributed by atoms with Gasteiger partial charge >= 0.3 is 0 Å². The number of thiol groups is 1. The Morgan fingerprint density at radius 1 is 0.961 bits per heavy atom. The van der Waals surface area contributed by atoms with Crippen molar-refractivity contribution in [1.29, 1.82) is 0 Å². The van der Waals surface area contributed by atoms with Crippen LogP contribution in [0.2, 0.25) is 0 Å². The number of fused-ring (bicyclic) bond motifs is 2. The number of H-pyrrole nitrogens is 1. The minimum Gasteiger partial charge on any atom is -0.857 e. The smallest absolute Gasteiger partial charge is 0.280 e. The van der Waals surface area contributed by atoms with Gasteiger partial charge in [0.05, 0.1) is 19.3 Å². The van der Waals surface area contributed by atoms with E-state index in [0.29, 0.717) is 13.1 Å². The minimum atomic E-state index is -3.55. The molecule has 51 heavy (non-hydrogen) atoms. The van der Waals surface area contributed by atoms with Crippen LogP contribution in [0.1, 0.15) is 40.2 Å². The summed E-state index contributed by atoms with van der Waals surface area (Å²) in [5.74, 6) is 0.188. The van der Waals surface area contributed by atoms with E-state index in [1.165, 1.54) is 21.8 Å². The largest absolute Gasteiger partial charge is 0.857 e. The Morgan fingerprint density at radius 2 is 1.57 bits per heavy atom. The Morgan fingerprint density at radius 3 is 2.24 bits per heavy atom. The molecule has 1 unspecified atom stereocenters. The van der Waals surface area contributed by atoms with Gasteiger partial charge in [-0.3, -0.25) is 18.9 Å². The number of aliphatic hydroxyl groups excluding tert-OH is 4. The van der Waals surface area contributed by atoms with E-state index >= 15 is 0 Å². The second kappa shape index (κ2) is 15.2. The van der Waals surface area contributed by atoms with E-state index in [1.54, 1.807) is 0 Å². The van der Waals surface area contributed by atoms with Gasteiger partial charge in [0.15, 0.2) is 35.4 Å². The Bertz CT molecular complexity index is 1900. The molecular weight excluding hydrogens is 731 g/mol. The van der Waals surface area contributed by atoms with Crippen molar-refractivity contribution in [3.8, 4) is 5.88 Å². The Kier molecular flexibility index (Phi) is 11.3. The first-order valence-corrected chi connectivity index (χ1v) is 19.9. The fraction of sp³-hybridized carbons (Fsp3) is 0.643. The Hall–Kier alpha value is -2.89. The first-order valence-electron chi connectivity index (χ1n) is 16.1. The van der Waals surface area contributed by atoms with Crippen molar-refractivity contribution >= 4 is 64.8 Å². The van der Waals surface area contributed by atoms with Crippen molar-refractivity contribution in [3.05, 3.63) is 23.0 Å². The van der Waals surface area contributed by atoms with E-state index < -0.39 is 79.9 Å². The number of imidazole rings is 2. The van der Waals surface area contributed by atoms with Crippen LogP contribution in [0.3, 0.4) is 0 Å². The fourth-order valence-electron chi connectivity index (χ4n) is 5.62. The molecule has 2 aliphatic heterocycles. The molecule has 4 aromatic rings. The highest BCUT2D eigenvalue weighted by atomic mass is 33.1. The van der Waals surface area contributed by atoms with Gasteiger partial charge in [-0.25, -0.2) is 24.0 Å². The summed E-state index contributed by atoms with van der Waals surface area (Å²) in [5, 5.41) is 61.9. The van der Waals surface area contributed by atoms with Crippen LogP contribution in [0, 0.1) is 11.8 Å². The summed E-state index contributed by atoms with van der Waals surface area (Å²) in [7, 11) is 0. The maximum Gasteiger partial charge on any atom is 0.280 e. The predicted octanol–water partition coefficient (Wildman–Crippen LogP) is -0.405. The zero-order valence-electron chi connectivity index (χ0n) is 27.9. The standard InChI is InChI=1S/C28H41N10O10PS2/c1-11(2)5-29-27-33-21-15(23(43)35-27)31-9-37(21)25-18(41)17(40)14(47-25)8-45-49(50,51)48-20-13(7-39)46-26(19(20)42)38-10-32-16-22(38)34-28(36-24(16)44)30-6-12(3)4/h9-14,17-20,25-26,39-42H,5-8H2,1-4H3,(H,50,51)(H2,29,33,35,43)(H2,30,34,36,44)/p-1/t13-,14-,17-,18-,19-,20-,25-,26-/m1/s1. The van der Waals surface area contributed by atoms with Gasteiger partial charge in [-0.15, -0.1) is 0 Å². The molecule has 0 radical (unpaired) electrons. The van der Waals surface area contributed by atoms with Gasteiger partial charge in [-0.2, -0.15) is 9.97 Å². The predicted molar refractivity (Wildman–Crippen MR) is 187 cm³/mol. The lowest BCUT2D eigenvalue weighted by Crippen LogP contribution is -2.36. The average molecular weight is 772 g/mol. The lowest BCUT2D eigenvalue weighted by atomic mass is 10.1. The van der Waals surface area contributed by atoms with E-state index in [1.807, 2.05) is 27.7 Å². The topological polar surface area (TPSA) is 272 Å². The molecule has 4 aromatic heterocycles. The van der Waals surface area contributed by atoms with Crippen LogP contribution in [-0.2, 0) is 30.8 Å². The average Bonchev–Trinajstić information content (AvgIpc) is 3.83. The number of hydrogen-bond acceptors (Lipinski definition) is 19. The molecule has 20 nitrogen and oxygen atoms in total. The summed E-state index contributed by atoms with van der Waals surface area (Å²) < 4.78 is 26.3. The molecule has 0 bridgehead atoms. The van der Waals surface area contributed by atoms with Gasteiger partial charge in [0.2, 0.25) is 18.0 Å². The third kappa shape index (κ3) is 7.91. The second-order valence-electron chi connectivity index (χ2n) is 13.1. The molecule has 6 heterocycles. The normalized spacial score (nSPS) is 28.0. The molecule has 0 amide bonds. The van der Waals surface area contributed by atoms with E-state index in [2.05, 4.69) is 52.8 Å². The number of aromatic nitrogens is 8. The number of nitrogens with one attached hydrogen (secondary N) is 3. The fourth-order valence-corrected chi connectivity index (χ4v) is 7.59. The summed E-state index contributed by atoms with van der Waals surface area (Å²) in [6.45, 7) is 8.02. The van der Waals surface area contributed by atoms with Crippen molar-refractivity contribution in [1.82, 2.24) is 39.0 Å². The summed E-state index contributed by atoms with van der Waals surface area (Å²) in [4.78, 5) is 36.2. The molecule has 9 atom stereocenters. The highest BCUT2D eigenvalue weighted by molar-refractivity contribution is 8.76. The van der Waals surface area contributed by atoms with Crippen molar-refractivity contribution in [2.24, 2.45) is 11.8 Å². The van der Waals surface area contributed by atoms with Crippen LogP contribution < -0.4 is 21.3 Å². The lowest BCUT2D eigenvalue weighted by molar-refractivity contribution is -0.272. The highest BCUT2D eigenvalue weighted by Crippen LogP contribution is 2.65. The number of anilines is 2. The van der Waals surface area contributed by atoms with Crippen molar-refractivity contribution in [3.63, 3.8) is 0 Å². The monoisotopic (exact) mass is 771 g/mol. The van der Waals surface area contributed by atoms with Crippen LogP contribution in [0.15, 0.2) is 17.4 Å². The van der Waals surface area contributed by atoms with E-state index in [9.17, 15) is 30.3 Å². The van der Waals surface area contributed by atoms with Gasteiger partial charge in [0.25, 0.3) is 5.56 Å². The van der Waals surface area contributed by atoms with Gasteiger partial charge in [-0.05, 0) is 11.8 Å². The quantitative estimate of drug-likeness (QED) is 0.0460. The maximum atomic E-state index is 12.7. The molecule has 7 N–H and O–H groups in total. The molecule has 0 spiro atoms. The van der Waals surface area contributed by atoms with Crippen molar-refractivity contribution in [2.45, 2.75) is 76.8 Å². The third-order valence-electron chi connectivity index (χ3n) is 8.20. The molecule has 23 heteroatoms. The third-order valence-corrected chi connectivity index (χ3v) is 10.4. The molecule has 0 aliphatic carbocycles. The molecule has 6 rings (SSSR count). The SMILES string of the molecule is CC(C)CNc1nc([O-])c2ncn([C@@H]3O[C@H](CO[P+]([S-])(S)O[C@H]4[C@@H](O)[C@H](n5cnc6c(=O)[nH]c(NCC(C)C)nc65)O[C@@H]4CO)[C@@H](O)[C@H]3O)c2n1. The number of aliphatic hydroxyl groups is 4. The van der Waals surface area contributed by atoms with Crippen LogP contribution in [0.25, 0.3) is 22.3 Å². The molecular formula is C28H40N10O10PS2-. The number of hydrogen-bond donors (Lipinski definition) is 8. The summed E-state index contributed by atoms with van der Waals surface area (Å²) in [6, 6.07) is 0. The molecule has 2 fully saturated rings.